The summed E-state index contributed by atoms with van der Waals surface area (Å²) in [4.78, 5) is 22.3. The quantitative estimate of drug-likeness (QED) is 0.631. The molecule has 0 saturated heterocycles. The Labute approximate surface area is 115 Å². The van der Waals surface area contributed by atoms with E-state index in [1.165, 1.54) is 6.20 Å². The lowest BCUT2D eigenvalue weighted by molar-refractivity contribution is -0.384. The van der Waals surface area contributed by atoms with E-state index in [4.69, 9.17) is 0 Å². The van der Waals surface area contributed by atoms with Gasteiger partial charge in [-0.1, -0.05) is 0 Å². The first kappa shape index (κ1) is 13.7. The first-order valence-corrected chi connectivity index (χ1v) is 5.94. The van der Waals surface area contributed by atoms with Crippen LogP contribution in [0, 0.1) is 17.0 Å². The molecule has 0 atom stereocenters. The normalized spacial score (nSPS) is 10.1. The van der Waals surface area contributed by atoms with Crippen molar-refractivity contribution in [3.63, 3.8) is 0 Å². The predicted octanol–water partition coefficient (Wildman–Crippen LogP) is 1.74. The molecule has 104 valence electrons. The highest BCUT2D eigenvalue weighted by molar-refractivity contribution is 5.57. The van der Waals surface area contributed by atoms with Gasteiger partial charge >= 0.3 is 5.69 Å². The van der Waals surface area contributed by atoms with Gasteiger partial charge in [0.15, 0.2) is 0 Å². The van der Waals surface area contributed by atoms with Gasteiger partial charge in [0, 0.05) is 26.0 Å². The van der Waals surface area contributed by atoms with Gasteiger partial charge in [0.25, 0.3) is 0 Å². The Hall–Kier alpha value is -2.77. The van der Waals surface area contributed by atoms with Crippen molar-refractivity contribution >= 4 is 17.5 Å². The molecule has 0 aliphatic heterocycles. The number of rotatable bonds is 5. The number of hydrogen-bond acceptors (Lipinski definition) is 7. The Morgan fingerprint density at radius 1 is 1.40 bits per heavy atom. The van der Waals surface area contributed by atoms with Gasteiger partial charge in [0.1, 0.15) is 6.20 Å². The molecule has 0 bridgehead atoms. The highest BCUT2D eigenvalue weighted by Gasteiger charge is 2.16. The number of anilines is 2. The molecule has 0 aliphatic rings. The van der Waals surface area contributed by atoms with Crippen LogP contribution in [-0.4, -0.2) is 26.9 Å². The van der Waals surface area contributed by atoms with E-state index in [0.717, 1.165) is 11.1 Å². The van der Waals surface area contributed by atoms with Crippen LogP contribution in [0.2, 0.25) is 0 Å². The number of nitrogens with one attached hydrogen (secondary N) is 2. The van der Waals surface area contributed by atoms with Gasteiger partial charge < -0.3 is 10.6 Å². The van der Waals surface area contributed by atoms with Crippen LogP contribution in [0.1, 0.15) is 11.1 Å². The summed E-state index contributed by atoms with van der Waals surface area (Å²) in [6.45, 7) is 2.35. The lowest BCUT2D eigenvalue weighted by Crippen LogP contribution is -2.08. The van der Waals surface area contributed by atoms with E-state index in [2.05, 4.69) is 25.6 Å². The third kappa shape index (κ3) is 2.97. The molecule has 0 radical (unpaired) electrons. The minimum Gasteiger partial charge on any atom is -0.360 e. The monoisotopic (exact) mass is 274 g/mol. The molecule has 0 unspecified atom stereocenters. The van der Waals surface area contributed by atoms with E-state index in [-0.39, 0.29) is 11.5 Å². The molecule has 2 aromatic heterocycles. The van der Waals surface area contributed by atoms with E-state index < -0.39 is 4.92 Å². The third-order valence-electron chi connectivity index (χ3n) is 2.77. The fourth-order valence-corrected chi connectivity index (χ4v) is 1.64. The Balaban J connectivity index is 2.24. The maximum atomic E-state index is 11.0. The zero-order valence-corrected chi connectivity index (χ0v) is 11.1. The van der Waals surface area contributed by atoms with E-state index >= 15 is 0 Å². The first-order valence-electron chi connectivity index (χ1n) is 5.94. The van der Waals surface area contributed by atoms with Crippen molar-refractivity contribution in [3.8, 4) is 0 Å². The lowest BCUT2D eigenvalue weighted by Gasteiger charge is -2.09. The van der Waals surface area contributed by atoms with Crippen LogP contribution < -0.4 is 10.6 Å². The summed E-state index contributed by atoms with van der Waals surface area (Å²) in [6, 6.07) is 1.86. The molecule has 0 fully saturated rings. The summed E-state index contributed by atoms with van der Waals surface area (Å²) in [6.07, 6.45) is 4.60. The second-order valence-corrected chi connectivity index (χ2v) is 4.09. The molecule has 2 heterocycles. The van der Waals surface area contributed by atoms with Crippen LogP contribution in [0.3, 0.4) is 0 Å². The highest BCUT2D eigenvalue weighted by Crippen LogP contribution is 2.22. The van der Waals surface area contributed by atoms with Crippen LogP contribution in [-0.2, 0) is 6.54 Å². The van der Waals surface area contributed by atoms with Gasteiger partial charge in [-0.3, -0.25) is 15.1 Å². The SMILES string of the molecule is CNc1ncc([N+](=O)[O-])c(NCc2ccncc2C)n1. The Morgan fingerprint density at radius 3 is 2.85 bits per heavy atom. The number of nitrogens with zero attached hydrogens (tertiary/aromatic N) is 4. The van der Waals surface area contributed by atoms with Crippen molar-refractivity contribution in [1.29, 1.82) is 0 Å². The average molecular weight is 274 g/mol. The van der Waals surface area contributed by atoms with Crippen molar-refractivity contribution in [2.45, 2.75) is 13.5 Å². The second kappa shape index (κ2) is 5.91. The molecule has 0 spiro atoms. The van der Waals surface area contributed by atoms with Crippen LogP contribution in [0.25, 0.3) is 0 Å². The molecule has 20 heavy (non-hydrogen) atoms. The molecule has 0 aliphatic carbocycles. The fourth-order valence-electron chi connectivity index (χ4n) is 1.64. The van der Waals surface area contributed by atoms with Gasteiger partial charge in [-0.25, -0.2) is 4.98 Å². The predicted molar refractivity (Wildman–Crippen MR) is 74.5 cm³/mol. The van der Waals surface area contributed by atoms with Crippen molar-refractivity contribution in [3.05, 3.63) is 45.9 Å². The summed E-state index contributed by atoms with van der Waals surface area (Å²) < 4.78 is 0. The number of hydrogen-bond donors (Lipinski definition) is 2. The van der Waals surface area contributed by atoms with Crippen molar-refractivity contribution in [2.75, 3.05) is 17.7 Å². The zero-order chi connectivity index (χ0) is 14.5. The number of aromatic nitrogens is 3. The summed E-state index contributed by atoms with van der Waals surface area (Å²) in [7, 11) is 1.65. The summed E-state index contributed by atoms with van der Waals surface area (Å²) in [5.41, 5.74) is 1.85. The average Bonchev–Trinajstić information content (AvgIpc) is 2.46. The molecule has 0 aromatic carbocycles. The van der Waals surface area contributed by atoms with Crippen LogP contribution >= 0.6 is 0 Å². The minimum atomic E-state index is -0.513. The largest absolute Gasteiger partial charge is 0.360 e. The molecule has 2 N–H and O–H groups in total. The van der Waals surface area contributed by atoms with Gasteiger partial charge in [-0.2, -0.15) is 4.98 Å². The Kier molecular flexibility index (Phi) is 4.04. The Morgan fingerprint density at radius 2 is 2.20 bits per heavy atom. The molecule has 8 heteroatoms. The maximum absolute atomic E-state index is 11.0. The summed E-state index contributed by atoms with van der Waals surface area (Å²) in [5, 5.41) is 16.7. The van der Waals surface area contributed by atoms with Crippen molar-refractivity contribution in [1.82, 2.24) is 15.0 Å². The molecule has 0 amide bonds. The number of aryl methyl sites for hydroxylation is 1. The molecule has 8 nitrogen and oxygen atoms in total. The van der Waals surface area contributed by atoms with E-state index in [0.29, 0.717) is 12.5 Å². The topological polar surface area (TPSA) is 106 Å². The van der Waals surface area contributed by atoms with Gasteiger partial charge in [0.2, 0.25) is 11.8 Å². The number of pyridine rings is 1. The second-order valence-electron chi connectivity index (χ2n) is 4.09. The minimum absolute atomic E-state index is 0.157. The van der Waals surface area contributed by atoms with E-state index in [9.17, 15) is 10.1 Å². The van der Waals surface area contributed by atoms with E-state index in [1.807, 2.05) is 13.0 Å². The molecule has 2 rings (SSSR count). The first-order chi connectivity index (χ1) is 9.61. The molecule has 0 saturated carbocycles. The van der Waals surface area contributed by atoms with Gasteiger partial charge in [-0.15, -0.1) is 0 Å². The van der Waals surface area contributed by atoms with Gasteiger partial charge in [0.05, 0.1) is 4.92 Å². The smallest absolute Gasteiger partial charge is 0.329 e. The Bertz CT molecular complexity index is 631. The zero-order valence-electron chi connectivity index (χ0n) is 11.1. The molecular formula is C12H14N6O2. The summed E-state index contributed by atoms with van der Waals surface area (Å²) >= 11 is 0. The molecular weight excluding hydrogens is 260 g/mol. The standard InChI is InChI=1S/C12H14N6O2/c1-8-5-14-4-3-9(8)6-15-11-10(18(19)20)7-16-12(13-2)17-11/h3-5,7H,6H2,1-2H3,(H2,13,15,16,17). The van der Waals surface area contributed by atoms with Crippen LogP contribution in [0.15, 0.2) is 24.7 Å². The third-order valence-corrected chi connectivity index (χ3v) is 2.77. The highest BCUT2D eigenvalue weighted by atomic mass is 16.6. The summed E-state index contributed by atoms with van der Waals surface area (Å²) in [5.74, 6) is 0.509. The lowest BCUT2D eigenvalue weighted by atomic mass is 10.1. The van der Waals surface area contributed by atoms with Crippen molar-refractivity contribution < 1.29 is 4.92 Å². The van der Waals surface area contributed by atoms with Crippen LogP contribution in [0.5, 0.6) is 0 Å². The van der Waals surface area contributed by atoms with Crippen molar-refractivity contribution in [2.24, 2.45) is 0 Å². The van der Waals surface area contributed by atoms with E-state index in [1.54, 1.807) is 19.4 Å². The maximum Gasteiger partial charge on any atom is 0.329 e. The molecule has 2 aromatic rings. The van der Waals surface area contributed by atoms with Gasteiger partial charge in [-0.05, 0) is 24.1 Å². The fraction of sp³-hybridized carbons (Fsp3) is 0.250. The van der Waals surface area contributed by atoms with Crippen LogP contribution in [0.4, 0.5) is 17.5 Å². The number of nitro groups is 1.